The molecule has 0 N–H and O–H groups in total. The van der Waals surface area contributed by atoms with Crippen LogP contribution in [0, 0.1) is 0 Å². The summed E-state index contributed by atoms with van der Waals surface area (Å²) in [5.41, 5.74) is 2.25. The zero-order chi connectivity index (χ0) is 18.6. The molecule has 1 aromatic heterocycles. The Hall–Kier alpha value is -2.39. The van der Waals surface area contributed by atoms with E-state index >= 15 is 0 Å². The average molecular weight is 379 g/mol. The second kappa shape index (κ2) is 8.10. The first-order valence-electron chi connectivity index (χ1n) is 9.56. The van der Waals surface area contributed by atoms with Gasteiger partial charge in [0.1, 0.15) is 0 Å². The quantitative estimate of drug-likeness (QED) is 0.623. The molecule has 0 saturated carbocycles. The van der Waals surface area contributed by atoms with Gasteiger partial charge >= 0.3 is 0 Å². The molecule has 3 aromatic rings. The smallest absolute Gasteiger partial charge is 0.222 e. The van der Waals surface area contributed by atoms with Crippen LogP contribution in [0.15, 0.2) is 60.8 Å². The van der Waals surface area contributed by atoms with Crippen molar-refractivity contribution in [2.24, 2.45) is 0 Å². The first-order valence-corrected chi connectivity index (χ1v) is 9.94. The highest BCUT2D eigenvalue weighted by molar-refractivity contribution is 6.30. The number of benzene rings is 2. The number of aromatic nitrogens is 1. The molecule has 1 atom stereocenters. The number of amides is 1. The molecule has 1 fully saturated rings. The predicted octanol–water partition coefficient (Wildman–Crippen LogP) is 5.23. The molecule has 4 rings (SSSR count). The van der Waals surface area contributed by atoms with E-state index in [2.05, 4.69) is 29.2 Å². The number of nitrogens with zero attached hydrogens (tertiary/aromatic N) is 2. The highest BCUT2D eigenvalue weighted by atomic mass is 35.5. The molecule has 0 radical (unpaired) electrons. The normalized spacial score (nSPS) is 17.2. The lowest BCUT2D eigenvalue weighted by atomic mass is 9.93. The van der Waals surface area contributed by atoms with Crippen molar-refractivity contribution in [1.82, 2.24) is 9.88 Å². The van der Waals surface area contributed by atoms with Gasteiger partial charge in [-0.2, -0.15) is 0 Å². The third-order valence-corrected chi connectivity index (χ3v) is 5.64. The third-order valence-electron chi connectivity index (χ3n) is 5.39. The molecule has 1 amide bonds. The molecule has 2 heterocycles. The molecule has 3 nitrogen and oxygen atoms in total. The zero-order valence-corrected chi connectivity index (χ0v) is 16.0. The van der Waals surface area contributed by atoms with E-state index in [1.807, 2.05) is 41.4 Å². The fourth-order valence-corrected chi connectivity index (χ4v) is 3.96. The number of fused-ring (bicyclic) bond motifs is 1. The highest BCUT2D eigenvalue weighted by Crippen LogP contribution is 2.28. The number of hydrogen-bond acceptors (Lipinski definition) is 2. The van der Waals surface area contributed by atoms with Crippen LogP contribution in [0.4, 0.5) is 0 Å². The summed E-state index contributed by atoms with van der Waals surface area (Å²) in [6.07, 6.45) is 5.37. The number of aryl methyl sites for hydroxylation is 1. The second-order valence-corrected chi connectivity index (χ2v) is 7.70. The van der Waals surface area contributed by atoms with Crippen LogP contribution in [0.3, 0.4) is 0 Å². The Bertz CT molecular complexity index is 939. The Labute approximate surface area is 165 Å². The zero-order valence-electron chi connectivity index (χ0n) is 15.3. The molecular formula is C23H23ClN2O. The minimum absolute atomic E-state index is 0.232. The number of carbonyl (C=O) groups excluding carboxylic acids is 1. The van der Waals surface area contributed by atoms with Gasteiger partial charge in [0, 0.05) is 47.7 Å². The summed E-state index contributed by atoms with van der Waals surface area (Å²) in [4.78, 5) is 19.4. The fraction of sp³-hybridized carbons (Fsp3) is 0.304. The largest absolute Gasteiger partial charge is 0.342 e. The van der Waals surface area contributed by atoms with Gasteiger partial charge in [-0.1, -0.05) is 48.0 Å². The monoisotopic (exact) mass is 378 g/mol. The molecule has 0 spiro atoms. The highest BCUT2D eigenvalue weighted by Gasteiger charge is 2.25. The number of rotatable bonds is 4. The van der Waals surface area contributed by atoms with E-state index in [9.17, 15) is 4.79 Å². The van der Waals surface area contributed by atoms with Crippen molar-refractivity contribution in [3.63, 3.8) is 0 Å². The van der Waals surface area contributed by atoms with Crippen molar-refractivity contribution >= 4 is 28.3 Å². The number of pyridine rings is 1. The number of likely N-dealkylation sites (tertiary alicyclic amines) is 1. The lowest BCUT2D eigenvalue weighted by molar-refractivity contribution is -0.132. The van der Waals surface area contributed by atoms with Gasteiger partial charge in [-0.25, -0.2) is 0 Å². The number of hydrogen-bond donors (Lipinski definition) is 0. The molecule has 27 heavy (non-hydrogen) atoms. The van der Waals surface area contributed by atoms with Gasteiger partial charge in [0.15, 0.2) is 0 Å². The lowest BCUT2D eigenvalue weighted by Crippen LogP contribution is -2.39. The maximum atomic E-state index is 12.7. The summed E-state index contributed by atoms with van der Waals surface area (Å²) >= 11 is 5.93. The summed E-state index contributed by atoms with van der Waals surface area (Å²) in [5.74, 6) is 0.554. The predicted molar refractivity (Wildman–Crippen MR) is 110 cm³/mol. The van der Waals surface area contributed by atoms with E-state index < -0.39 is 0 Å². The van der Waals surface area contributed by atoms with Crippen LogP contribution in [0.25, 0.3) is 10.8 Å². The third kappa shape index (κ3) is 4.30. The molecule has 138 valence electrons. The van der Waals surface area contributed by atoms with E-state index in [4.69, 9.17) is 11.6 Å². The maximum absolute atomic E-state index is 12.7. The van der Waals surface area contributed by atoms with Crippen LogP contribution >= 0.6 is 11.6 Å². The molecular weight excluding hydrogens is 356 g/mol. The fourth-order valence-electron chi connectivity index (χ4n) is 3.83. The van der Waals surface area contributed by atoms with Crippen LogP contribution < -0.4 is 0 Å². The molecule has 1 aliphatic rings. The summed E-state index contributed by atoms with van der Waals surface area (Å²) < 4.78 is 0. The SMILES string of the molecule is O=C(CCc1ccc(Cl)cc1)N1CCC[C@H](c2cc3ccccc3cn2)C1. The second-order valence-electron chi connectivity index (χ2n) is 7.26. The Kier molecular flexibility index (Phi) is 5.40. The molecule has 0 unspecified atom stereocenters. The van der Waals surface area contributed by atoms with Gasteiger partial charge in [-0.05, 0) is 48.4 Å². The van der Waals surface area contributed by atoms with Crippen LogP contribution in [-0.2, 0) is 11.2 Å². The standard InChI is InChI=1S/C23H23ClN2O/c24-21-10-7-17(8-11-21)9-12-23(27)26-13-3-6-20(16-26)22-14-18-4-1-2-5-19(18)15-25-22/h1-2,4-5,7-8,10-11,14-15,20H,3,6,9,12-13,16H2/t20-/m0/s1. The molecule has 1 saturated heterocycles. The number of piperidine rings is 1. The van der Waals surface area contributed by atoms with E-state index in [1.165, 1.54) is 5.39 Å². The summed E-state index contributed by atoms with van der Waals surface area (Å²) in [7, 11) is 0. The van der Waals surface area contributed by atoms with E-state index in [0.717, 1.165) is 54.0 Å². The Morgan fingerprint density at radius 2 is 1.89 bits per heavy atom. The van der Waals surface area contributed by atoms with Crippen molar-refractivity contribution in [2.75, 3.05) is 13.1 Å². The van der Waals surface area contributed by atoms with Crippen molar-refractivity contribution in [1.29, 1.82) is 0 Å². The van der Waals surface area contributed by atoms with Crippen molar-refractivity contribution < 1.29 is 4.79 Å². The van der Waals surface area contributed by atoms with Gasteiger partial charge in [-0.3, -0.25) is 9.78 Å². The minimum Gasteiger partial charge on any atom is -0.342 e. The Morgan fingerprint density at radius 3 is 2.70 bits per heavy atom. The first-order chi connectivity index (χ1) is 13.2. The van der Waals surface area contributed by atoms with Crippen molar-refractivity contribution in [3.05, 3.63) is 77.1 Å². The number of carbonyl (C=O) groups is 1. The molecule has 0 aliphatic carbocycles. The van der Waals surface area contributed by atoms with Crippen LogP contribution in [0.5, 0.6) is 0 Å². The average Bonchev–Trinajstić information content (AvgIpc) is 2.73. The van der Waals surface area contributed by atoms with Crippen molar-refractivity contribution in [2.45, 2.75) is 31.6 Å². The Balaban J connectivity index is 1.40. The van der Waals surface area contributed by atoms with Gasteiger partial charge < -0.3 is 4.90 Å². The Morgan fingerprint density at radius 1 is 1.11 bits per heavy atom. The van der Waals surface area contributed by atoms with Crippen LogP contribution in [-0.4, -0.2) is 28.9 Å². The van der Waals surface area contributed by atoms with E-state index in [1.54, 1.807) is 0 Å². The summed E-state index contributed by atoms with van der Waals surface area (Å²) in [6.45, 7) is 1.62. The molecule has 0 bridgehead atoms. The summed E-state index contributed by atoms with van der Waals surface area (Å²) in [5, 5.41) is 3.11. The van der Waals surface area contributed by atoms with E-state index in [0.29, 0.717) is 12.3 Å². The topological polar surface area (TPSA) is 33.2 Å². The lowest BCUT2D eigenvalue weighted by Gasteiger charge is -2.32. The van der Waals surface area contributed by atoms with Gasteiger partial charge in [0.05, 0.1) is 0 Å². The van der Waals surface area contributed by atoms with E-state index in [-0.39, 0.29) is 5.91 Å². The molecule has 4 heteroatoms. The van der Waals surface area contributed by atoms with Gasteiger partial charge in [0.25, 0.3) is 0 Å². The number of halogens is 1. The van der Waals surface area contributed by atoms with Crippen molar-refractivity contribution in [3.8, 4) is 0 Å². The van der Waals surface area contributed by atoms with Gasteiger partial charge in [-0.15, -0.1) is 0 Å². The maximum Gasteiger partial charge on any atom is 0.222 e. The van der Waals surface area contributed by atoms with Crippen LogP contribution in [0.2, 0.25) is 5.02 Å². The minimum atomic E-state index is 0.232. The molecule has 1 aliphatic heterocycles. The van der Waals surface area contributed by atoms with Gasteiger partial charge in [0.2, 0.25) is 5.91 Å². The van der Waals surface area contributed by atoms with Crippen LogP contribution in [0.1, 0.15) is 36.4 Å². The summed E-state index contributed by atoms with van der Waals surface area (Å²) in [6, 6.07) is 18.2. The first kappa shape index (κ1) is 18.0. The molecule has 2 aromatic carbocycles.